The van der Waals surface area contributed by atoms with E-state index in [0.717, 1.165) is 11.1 Å². The molecule has 0 aromatic heterocycles. The number of hydrogen-bond acceptors (Lipinski definition) is 6. The topological polar surface area (TPSA) is 123 Å². The van der Waals surface area contributed by atoms with Crippen molar-refractivity contribution in [3.8, 4) is 23.0 Å². The van der Waals surface area contributed by atoms with Crippen molar-refractivity contribution < 1.29 is 9.47 Å². The molecule has 0 aliphatic carbocycles. The molecule has 0 amide bonds. The molecule has 0 unspecified atom stereocenters. The zero-order valence-electron chi connectivity index (χ0n) is 18.4. The predicted molar refractivity (Wildman–Crippen MR) is 133 cm³/mol. The molecule has 6 heteroatoms. The molecule has 0 radical (unpaired) electrons. The number of benzene rings is 4. The quantitative estimate of drug-likeness (QED) is 0.237. The maximum absolute atomic E-state index is 6.28. The molecule has 0 bridgehead atoms. The first-order chi connectivity index (χ1) is 15.8. The van der Waals surface area contributed by atoms with Gasteiger partial charge in [0.05, 0.1) is 6.17 Å². The minimum Gasteiger partial charge on any atom is -0.457 e. The highest BCUT2D eigenvalue weighted by Crippen LogP contribution is 2.36. The highest BCUT2D eigenvalue weighted by Gasteiger charge is 2.33. The van der Waals surface area contributed by atoms with Crippen LogP contribution in [0.25, 0.3) is 0 Å². The summed E-state index contributed by atoms with van der Waals surface area (Å²) in [6.45, 7) is 2.03. The molecular weight excluding hydrogens is 412 g/mol. The third-order valence-electron chi connectivity index (χ3n) is 5.81. The summed E-state index contributed by atoms with van der Waals surface area (Å²) in [6, 6.07) is 30.1. The van der Waals surface area contributed by atoms with Crippen molar-refractivity contribution in [1.82, 2.24) is 0 Å². The Kier molecular flexibility index (Phi) is 6.22. The van der Waals surface area contributed by atoms with E-state index in [-0.39, 0.29) is 0 Å². The number of rotatable bonds is 7. The summed E-state index contributed by atoms with van der Waals surface area (Å²) in [5.41, 5.74) is 26.8. The maximum atomic E-state index is 6.28. The molecule has 0 aliphatic rings. The van der Waals surface area contributed by atoms with Gasteiger partial charge < -0.3 is 32.4 Å². The van der Waals surface area contributed by atoms with Gasteiger partial charge in [0.25, 0.3) is 0 Å². The van der Waals surface area contributed by atoms with Gasteiger partial charge in [-0.1, -0.05) is 24.3 Å². The number of anilines is 2. The SMILES string of the molecule is CC(c1ccc(Oc2ccc(N)cc2)cc1)(c1ccc(Oc2ccc(N)cc2)cc1)C(N)N. The van der Waals surface area contributed by atoms with Crippen molar-refractivity contribution in [3.63, 3.8) is 0 Å². The maximum Gasteiger partial charge on any atom is 0.127 e. The summed E-state index contributed by atoms with van der Waals surface area (Å²) < 4.78 is 11.8. The van der Waals surface area contributed by atoms with Crippen LogP contribution in [0.15, 0.2) is 97.1 Å². The number of nitrogens with two attached hydrogens (primary N) is 4. The zero-order valence-corrected chi connectivity index (χ0v) is 18.4. The normalized spacial score (nSPS) is 11.4. The molecule has 0 spiro atoms. The number of hydrogen-bond donors (Lipinski definition) is 4. The Balaban J connectivity index is 1.54. The summed E-state index contributed by atoms with van der Waals surface area (Å²) in [6.07, 6.45) is -0.620. The molecule has 0 atom stereocenters. The summed E-state index contributed by atoms with van der Waals surface area (Å²) >= 11 is 0. The third kappa shape index (κ3) is 4.92. The number of ether oxygens (including phenoxy) is 2. The molecular formula is C27H28N4O2. The molecule has 8 N–H and O–H groups in total. The molecule has 0 aliphatic heterocycles. The van der Waals surface area contributed by atoms with Gasteiger partial charge in [0.15, 0.2) is 0 Å². The van der Waals surface area contributed by atoms with Crippen LogP contribution in [0.1, 0.15) is 18.1 Å². The Hall–Kier alpha value is -4.00. The fourth-order valence-corrected chi connectivity index (χ4v) is 3.63. The van der Waals surface area contributed by atoms with Gasteiger partial charge in [0, 0.05) is 16.8 Å². The molecule has 4 aromatic rings. The van der Waals surface area contributed by atoms with Gasteiger partial charge in [0.1, 0.15) is 23.0 Å². The van der Waals surface area contributed by atoms with Gasteiger partial charge in [-0.05, 0) is 90.8 Å². The average Bonchev–Trinajstić information content (AvgIpc) is 2.82. The van der Waals surface area contributed by atoms with Crippen LogP contribution in [0.4, 0.5) is 11.4 Å². The molecule has 0 fully saturated rings. The summed E-state index contributed by atoms with van der Waals surface area (Å²) in [4.78, 5) is 0. The summed E-state index contributed by atoms with van der Waals surface area (Å²) in [7, 11) is 0. The van der Waals surface area contributed by atoms with E-state index in [1.165, 1.54) is 0 Å². The first-order valence-corrected chi connectivity index (χ1v) is 10.6. The van der Waals surface area contributed by atoms with E-state index >= 15 is 0 Å². The summed E-state index contributed by atoms with van der Waals surface area (Å²) in [5, 5.41) is 0. The van der Waals surface area contributed by atoms with Crippen LogP contribution in [0.2, 0.25) is 0 Å². The molecule has 33 heavy (non-hydrogen) atoms. The van der Waals surface area contributed by atoms with Crippen LogP contribution in [-0.4, -0.2) is 6.17 Å². The highest BCUT2D eigenvalue weighted by molar-refractivity contribution is 5.47. The molecule has 0 heterocycles. The minimum absolute atomic E-state index is 0.612. The molecule has 168 valence electrons. The minimum atomic E-state index is -0.620. The first kappa shape index (κ1) is 22.2. The standard InChI is InChI=1S/C27H28N4O2/c1-27(26(30)31,18-2-10-22(11-3-18)32-24-14-6-20(28)7-15-24)19-4-12-23(13-5-19)33-25-16-8-21(29)9-17-25/h2-17,26H,28-31H2,1H3. The van der Waals surface area contributed by atoms with Crippen molar-refractivity contribution in [2.45, 2.75) is 18.5 Å². The van der Waals surface area contributed by atoms with Crippen LogP contribution in [0, 0.1) is 0 Å². The lowest BCUT2D eigenvalue weighted by Gasteiger charge is -2.34. The number of nitrogen functional groups attached to an aromatic ring is 2. The zero-order chi connectivity index (χ0) is 23.4. The Morgan fingerprint density at radius 1 is 0.515 bits per heavy atom. The van der Waals surface area contributed by atoms with Crippen molar-refractivity contribution in [2.24, 2.45) is 11.5 Å². The van der Waals surface area contributed by atoms with E-state index in [0.29, 0.717) is 34.4 Å². The predicted octanol–water partition coefficient (Wildman–Crippen LogP) is 4.99. The third-order valence-corrected chi connectivity index (χ3v) is 5.81. The lowest BCUT2D eigenvalue weighted by Crippen LogP contribution is -2.50. The molecule has 4 rings (SSSR count). The Labute approximate surface area is 193 Å². The fraction of sp³-hybridized carbons (Fsp3) is 0.111. The van der Waals surface area contributed by atoms with E-state index in [9.17, 15) is 0 Å². The molecule has 6 nitrogen and oxygen atoms in total. The van der Waals surface area contributed by atoms with Gasteiger partial charge in [-0.3, -0.25) is 0 Å². The van der Waals surface area contributed by atoms with Gasteiger partial charge in [-0.15, -0.1) is 0 Å². The van der Waals surface area contributed by atoms with Gasteiger partial charge in [0.2, 0.25) is 0 Å². The van der Waals surface area contributed by atoms with Crippen LogP contribution < -0.4 is 32.4 Å². The van der Waals surface area contributed by atoms with Crippen LogP contribution in [0.5, 0.6) is 23.0 Å². The lowest BCUT2D eigenvalue weighted by molar-refractivity contribution is 0.448. The fourth-order valence-electron chi connectivity index (χ4n) is 3.63. The van der Waals surface area contributed by atoms with Crippen molar-refractivity contribution in [2.75, 3.05) is 11.5 Å². The van der Waals surface area contributed by atoms with E-state index in [2.05, 4.69) is 0 Å². The average molecular weight is 441 g/mol. The highest BCUT2D eigenvalue weighted by atomic mass is 16.5. The van der Waals surface area contributed by atoms with Crippen LogP contribution in [0.3, 0.4) is 0 Å². The van der Waals surface area contributed by atoms with E-state index in [1.807, 2.05) is 79.7 Å². The second-order valence-electron chi connectivity index (χ2n) is 8.12. The second kappa shape index (κ2) is 9.24. The van der Waals surface area contributed by atoms with Crippen LogP contribution >= 0.6 is 0 Å². The largest absolute Gasteiger partial charge is 0.457 e. The smallest absolute Gasteiger partial charge is 0.127 e. The van der Waals surface area contributed by atoms with Gasteiger partial charge in [-0.25, -0.2) is 0 Å². The van der Waals surface area contributed by atoms with E-state index < -0.39 is 11.6 Å². The van der Waals surface area contributed by atoms with Gasteiger partial charge in [-0.2, -0.15) is 0 Å². The lowest BCUT2D eigenvalue weighted by atomic mass is 9.74. The molecule has 0 saturated carbocycles. The molecule has 0 saturated heterocycles. The van der Waals surface area contributed by atoms with Gasteiger partial charge >= 0.3 is 0 Å². The van der Waals surface area contributed by atoms with E-state index in [1.54, 1.807) is 24.3 Å². The van der Waals surface area contributed by atoms with E-state index in [4.69, 9.17) is 32.4 Å². The Morgan fingerprint density at radius 2 is 0.788 bits per heavy atom. The van der Waals surface area contributed by atoms with Crippen molar-refractivity contribution >= 4 is 11.4 Å². The van der Waals surface area contributed by atoms with Crippen molar-refractivity contribution in [3.05, 3.63) is 108 Å². The second-order valence-corrected chi connectivity index (χ2v) is 8.12. The molecule has 4 aromatic carbocycles. The Morgan fingerprint density at radius 3 is 1.06 bits per heavy atom. The van der Waals surface area contributed by atoms with Crippen molar-refractivity contribution in [1.29, 1.82) is 0 Å². The van der Waals surface area contributed by atoms with Crippen LogP contribution in [-0.2, 0) is 5.41 Å². The summed E-state index contributed by atoms with van der Waals surface area (Å²) in [5.74, 6) is 2.85. The Bertz CT molecular complexity index is 1100. The first-order valence-electron chi connectivity index (χ1n) is 10.6. The monoisotopic (exact) mass is 440 g/mol.